The molecule has 0 saturated carbocycles. The van der Waals surface area contributed by atoms with E-state index in [0.29, 0.717) is 6.61 Å². The SMILES string of the molecule is COCC1(CNS(=O)(=O)c2ccc(F)cc2C(=O)OC)CCNCC1.Cl. The molecule has 1 aliphatic heterocycles. The Morgan fingerprint density at radius 2 is 1.96 bits per heavy atom. The molecule has 1 saturated heterocycles. The Bertz CT molecular complexity index is 718. The Kier molecular flexibility index (Phi) is 8.42. The van der Waals surface area contributed by atoms with Crippen molar-refractivity contribution in [1.82, 2.24) is 10.0 Å². The molecule has 2 rings (SSSR count). The van der Waals surface area contributed by atoms with Crippen LogP contribution in [0.15, 0.2) is 23.1 Å². The average Bonchev–Trinajstić information content (AvgIpc) is 2.60. The molecule has 0 spiro atoms. The number of hydrogen-bond donors (Lipinski definition) is 2. The summed E-state index contributed by atoms with van der Waals surface area (Å²) in [4.78, 5) is 11.5. The lowest BCUT2D eigenvalue weighted by Crippen LogP contribution is -2.47. The maximum Gasteiger partial charge on any atom is 0.339 e. The molecule has 0 bridgehead atoms. The van der Waals surface area contributed by atoms with Gasteiger partial charge in [0.15, 0.2) is 0 Å². The molecule has 1 aromatic carbocycles. The number of sulfonamides is 1. The molecule has 26 heavy (non-hydrogen) atoms. The summed E-state index contributed by atoms with van der Waals surface area (Å²) in [6, 6.07) is 2.92. The summed E-state index contributed by atoms with van der Waals surface area (Å²) in [5, 5.41) is 3.23. The van der Waals surface area contributed by atoms with Crippen LogP contribution in [0.25, 0.3) is 0 Å². The van der Waals surface area contributed by atoms with Gasteiger partial charge < -0.3 is 14.8 Å². The molecule has 0 radical (unpaired) electrons. The molecule has 0 atom stereocenters. The van der Waals surface area contributed by atoms with Crippen molar-refractivity contribution >= 4 is 28.4 Å². The van der Waals surface area contributed by atoms with Gasteiger partial charge in [0.2, 0.25) is 10.0 Å². The second kappa shape index (κ2) is 9.61. The van der Waals surface area contributed by atoms with E-state index in [4.69, 9.17) is 4.74 Å². The molecule has 1 aliphatic rings. The Morgan fingerprint density at radius 1 is 1.31 bits per heavy atom. The number of carbonyl (C=O) groups is 1. The van der Waals surface area contributed by atoms with Crippen molar-refractivity contribution in [3.63, 3.8) is 0 Å². The van der Waals surface area contributed by atoms with E-state index in [1.807, 2.05) is 0 Å². The largest absolute Gasteiger partial charge is 0.465 e. The number of piperidine rings is 1. The molecule has 0 unspecified atom stereocenters. The molecule has 2 N–H and O–H groups in total. The van der Waals surface area contributed by atoms with Gasteiger partial charge in [-0.3, -0.25) is 0 Å². The first-order valence-electron chi connectivity index (χ1n) is 7.91. The van der Waals surface area contributed by atoms with Crippen LogP contribution >= 0.6 is 12.4 Å². The zero-order valence-electron chi connectivity index (χ0n) is 14.7. The highest BCUT2D eigenvalue weighted by atomic mass is 35.5. The molecular formula is C16H24ClFN2O5S. The summed E-state index contributed by atoms with van der Waals surface area (Å²) in [5.74, 6) is -1.62. The van der Waals surface area contributed by atoms with E-state index in [1.165, 1.54) is 0 Å². The Hall–Kier alpha value is -1.26. The van der Waals surface area contributed by atoms with E-state index in [1.54, 1.807) is 7.11 Å². The van der Waals surface area contributed by atoms with E-state index in [0.717, 1.165) is 51.2 Å². The van der Waals surface area contributed by atoms with Crippen LogP contribution in [0, 0.1) is 11.2 Å². The van der Waals surface area contributed by atoms with E-state index in [2.05, 4.69) is 14.8 Å². The predicted octanol–water partition coefficient (Wildman–Crippen LogP) is 1.33. The van der Waals surface area contributed by atoms with Crippen molar-refractivity contribution in [2.24, 2.45) is 5.41 Å². The molecule has 0 amide bonds. The lowest BCUT2D eigenvalue weighted by molar-refractivity contribution is 0.0576. The van der Waals surface area contributed by atoms with Gasteiger partial charge in [0.1, 0.15) is 5.82 Å². The van der Waals surface area contributed by atoms with Crippen molar-refractivity contribution in [1.29, 1.82) is 0 Å². The number of halogens is 2. The third kappa shape index (κ3) is 5.37. The Labute approximate surface area is 159 Å². The highest BCUT2D eigenvalue weighted by Gasteiger charge is 2.34. The number of carbonyl (C=O) groups excluding carboxylic acids is 1. The normalized spacial score (nSPS) is 16.6. The fourth-order valence-electron chi connectivity index (χ4n) is 2.97. The fraction of sp³-hybridized carbons (Fsp3) is 0.562. The van der Waals surface area contributed by atoms with Gasteiger partial charge in [0.05, 0.1) is 24.2 Å². The average molecular weight is 411 g/mol. The van der Waals surface area contributed by atoms with Crippen LogP contribution in [0.2, 0.25) is 0 Å². The summed E-state index contributed by atoms with van der Waals surface area (Å²) >= 11 is 0. The third-order valence-corrected chi connectivity index (χ3v) is 5.85. The molecule has 10 heteroatoms. The fourth-order valence-corrected chi connectivity index (χ4v) is 4.30. The second-order valence-corrected chi connectivity index (χ2v) is 7.88. The van der Waals surface area contributed by atoms with E-state index >= 15 is 0 Å². The maximum atomic E-state index is 13.4. The van der Waals surface area contributed by atoms with Gasteiger partial charge in [-0.05, 0) is 44.1 Å². The molecule has 0 aliphatic carbocycles. The van der Waals surface area contributed by atoms with Gasteiger partial charge >= 0.3 is 5.97 Å². The van der Waals surface area contributed by atoms with Gasteiger partial charge in [0.25, 0.3) is 0 Å². The second-order valence-electron chi connectivity index (χ2n) is 6.14. The van der Waals surface area contributed by atoms with Crippen LogP contribution in [0.5, 0.6) is 0 Å². The Morgan fingerprint density at radius 3 is 2.54 bits per heavy atom. The van der Waals surface area contributed by atoms with Crippen LogP contribution in [-0.2, 0) is 19.5 Å². The van der Waals surface area contributed by atoms with Gasteiger partial charge in [-0.15, -0.1) is 12.4 Å². The van der Waals surface area contributed by atoms with E-state index in [9.17, 15) is 17.6 Å². The van der Waals surface area contributed by atoms with Crippen LogP contribution in [0.4, 0.5) is 4.39 Å². The number of rotatable bonds is 7. The summed E-state index contributed by atoms with van der Waals surface area (Å²) in [5.41, 5.74) is -0.653. The maximum absolute atomic E-state index is 13.4. The summed E-state index contributed by atoms with van der Waals surface area (Å²) < 4.78 is 51.1. The highest BCUT2D eigenvalue weighted by molar-refractivity contribution is 7.89. The first-order valence-corrected chi connectivity index (χ1v) is 9.39. The molecule has 1 heterocycles. The number of ether oxygens (including phenoxy) is 2. The summed E-state index contributed by atoms with van der Waals surface area (Å²) in [7, 11) is -1.32. The van der Waals surface area contributed by atoms with Gasteiger partial charge in [-0.25, -0.2) is 22.3 Å². The minimum Gasteiger partial charge on any atom is -0.465 e. The minimum atomic E-state index is -4.01. The highest BCUT2D eigenvalue weighted by Crippen LogP contribution is 2.29. The number of benzene rings is 1. The van der Waals surface area contributed by atoms with Crippen molar-refractivity contribution in [3.8, 4) is 0 Å². The first kappa shape index (κ1) is 22.8. The summed E-state index contributed by atoms with van der Waals surface area (Å²) in [6.45, 7) is 2.14. The standard InChI is InChI=1S/C16H23FN2O5S.ClH/c1-23-11-16(5-7-18-8-6-16)10-19-25(21,22)14-4-3-12(17)9-13(14)15(20)24-2;/h3-4,9,18-19H,5-8,10-11H2,1-2H3;1H. The topological polar surface area (TPSA) is 93.7 Å². The molecule has 148 valence electrons. The third-order valence-electron chi connectivity index (χ3n) is 4.39. The lowest BCUT2D eigenvalue weighted by Gasteiger charge is -2.37. The van der Waals surface area contributed by atoms with Crippen LogP contribution in [-0.4, -0.2) is 54.8 Å². The molecular weight excluding hydrogens is 387 g/mol. The summed E-state index contributed by atoms with van der Waals surface area (Å²) in [6.07, 6.45) is 1.52. The van der Waals surface area contributed by atoms with Gasteiger partial charge in [-0.1, -0.05) is 0 Å². The number of methoxy groups -OCH3 is 2. The Balaban J connectivity index is 0.00000338. The smallest absolute Gasteiger partial charge is 0.339 e. The molecule has 1 fully saturated rings. The zero-order valence-corrected chi connectivity index (χ0v) is 16.3. The monoisotopic (exact) mass is 410 g/mol. The quantitative estimate of drug-likeness (QED) is 0.659. The molecule has 1 aromatic rings. The predicted molar refractivity (Wildman–Crippen MR) is 96.6 cm³/mol. The van der Waals surface area contributed by atoms with Crippen LogP contribution in [0.1, 0.15) is 23.2 Å². The number of hydrogen-bond acceptors (Lipinski definition) is 6. The van der Waals surface area contributed by atoms with E-state index < -0.39 is 21.8 Å². The van der Waals surface area contributed by atoms with Crippen molar-refractivity contribution in [2.75, 3.05) is 40.5 Å². The van der Waals surface area contributed by atoms with Crippen molar-refractivity contribution < 1.29 is 27.1 Å². The van der Waals surface area contributed by atoms with Crippen LogP contribution < -0.4 is 10.0 Å². The van der Waals surface area contributed by atoms with Crippen molar-refractivity contribution in [3.05, 3.63) is 29.6 Å². The minimum absolute atomic E-state index is 0. The zero-order chi connectivity index (χ0) is 18.5. The number of nitrogens with one attached hydrogen (secondary N) is 2. The molecule has 0 aromatic heterocycles. The first-order chi connectivity index (χ1) is 11.8. The lowest BCUT2D eigenvalue weighted by atomic mass is 9.80. The van der Waals surface area contributed by atoms with E-state index in [-0.39, 0.29) is 34.8 Å². The van der Waals surface area contributed by atoms with Crippen molar-refractivity contribution in [2.45, 2.75) is 17.7 Å². The van der Waals surface area contributed by atoms with Crippen LogP contribution in [0.3, 0.4) is 0 Å². The van der Waals surface area contributed by atoms with Gasteiger partial charge in [0, 0.05) is 19.1 Å². The molecule has 7 nitrogen and oxygen atoms in total. The number of esters is 1. The van der Waals surface area contributed by atoms with Gasteiger partial charge in [-0.2, -0.15) is 0 Å².